The first-order valence-electron chi connectivity index (χ1n) is 8.69. The zero-order chi connectivity index (χ0) is 18.4. The van der Waals surface area contributed by atoms with Gasteiger partial charge in [0, 0.05) is 31.2 Å². The first kappa shape index (κ1) is 18.1. The van der Waals surface area contributed by atoms with E-state index < -0.39 is 11.7 Å². The van der Waals surface area contributed by atoms with Crippen LogP contribution in [0.4, 0.5) is 4.39 Å². The van der Waals surface area contributed by atoms with Crippen molar-refractivity contribution in [2.24, 2.45) is 0 Å². The van der Waals surface area contributed by atoms with Gasteiger partial charge in [-0.05, 0) is 36.2 Å². The van der Waals surface area contributed by atoms with Gasteiger partial charge in [0.25, 0.3) is 5.91 Å². The molecular formula is C20H22FN3O2. The number of hydrogen-bond donors (Lipinski definition) is 2. The molecule has 1 heterocycles. The molecule has 0 bridgehead atoms. The number of amides is 2. The number of nitrogens with one attached hydrogen (secondary N) is 2. The van der Waals surface area contributed by atoms with Crippen LogP contribution < -0.4 is 10.6 Å². The van der Waals surface area contributed by atoms with Crippen LogP contribution in [0.15, 0.2) is 54.6 Å². The van der Waals surface area contributed by atoms with Crippen molar-refractivity contribution >= 4 is 11.8 Å². The fourth-order valence-corrected chi connectivity index (χ4v) is 3.08. The summed E-state index contributed by atoms with van der Waals surface area (Å²) in [4.78, 5) is 26.3. The Morgan fingerprint density at radius 1 is 1.08 bits per heavy atom. The van der Waals surface area contributed by atoms with Crippen molar-refractivity contribution < 1.29 is 14.0 Å². The Labute approximate surface area is 152 Å². The topological polar surface area (TPSA) is 61.4 Å². The van der Waals surface area contributed by atoms with Gasteiger partial charge in [0.2, 0.25) is 5.91 Å². The molecule has 26 heavy (non-hydrogen) atoms. The van der Waals surface area contributed by atoms with Crippen molar-refractivity contribution in [1.29, 1.82) is 0 Å². The quantitative estimate of drug-likeness (QED) is 0.833. The molecule has 0 radical (unpaired) electrons. The maximum atomic E-state index is 12.9. The van der Waals surface area contributed by atoms with E-state index in [-0.39, 0.29) is 18.5 Å². The second-order valence-corrected chi connectivity index (χ2v) is 6.46. The average Bonchev–Trinajstić information content (AvgIpc) is 3.08. The molecule has 5 nitrogen and oxygen atoms in total. The summed E-state index contributed by atoms with van der Waals surface area (Å²) < 4.78 is 12.9. The van der Waals surface area contributed by atoms with E-state index in [0.717, 1.165) is 26.1 Å². The summed E-state index contributed by atoms with van der Waals surface area (Å²) >= 11 is 0. The van der Waals surface area contributed by atoms with Crippen molar-refractivity contribution in [3.63, 3.8) is 0 Å². The molecule has 2 N–H and O–H groups in total. The lowest BCUT2D eigenvalue weighted by atomic mass is 10.2. The highest BCUT2D eigenvalue weighted by Gasteiger charge is 2.23. The minimum absolute atomic E-state index is 0.0916. The van der Waals surface area contributed by atoms with Crippen LogP contribution in [0.25, 0.3) is 0 Å². The standard InChI is InChI=1S/C20H22FN3O2/c21-17-8-6-16(7-9-17)20(26)22-12-19(25)23-18-10-11-24(14-18)13-15-4-2-1-3-5-15/h1-9,18H,10-14H2,(H,22,26)(H,23,25). The van der Waals surface area contributed by atoms with Gasteiger partial charge in [0.15, 0.2) is 0 Å². The summed E-state index contributed by atoms with van der Waals surface area (Å²) in [5.41, 5.74) is 1.58. The Bertz CT molecular complexity index is 749. The monoisotopic (exact) mass is 355 g/mol. The van der Waals surface area contributed by atoms with Crippen molar-refractivity contribution in [3.8, 4) is 0 Å². The van der Waals surface area contributed by atoms with Crippen molar-refractivity contribution in [1.82, 2.24) is 15.5 Å². The number of carbonyl (C=O) groups excluding carboxylic acids is 2. The summed E-state index contributed by atoms with van der Waals surface area (Å²) in [7, 11) is 0. The first-order valence-corrected chi connectivity index (χ1v) is 8.69. The molecule has 2 aromatic rings. The molecule has 1 fully saturated rings. The van der Waals surface area contributed by atoms with Gasteiger partial charge in [0.05, 0.1) is 6.54 Å². The van der Waals surface area contributed by atoms with Crippen LogP contribution in [0.1, 0.15) is 22.3 Å². The third kappa shape index (κ3) is 5.13. The molecule has 0 saturated carbocycles. The van der Waals surface area contributed by atoms with Crippen molar-refractivity contribution in [3.05, 3.63) is 71.5 Å². The average molecular weight is 355 g/mol. The maximum absolute atomic E-state index is 12.9. The number of carbonyl (C=O) groups is 2. The van der Waals surface area contributed by atoms with Gasteiger partial charge in [-0.2, -0.15) is 0 Å². The molecule has 3 rings (SSSR count). The first-order chi connectivity index (χ1) is 12.6. The summed E-state index contributed by atoms with van der Waals surface area (Å²) in [5.74, 6) is -1.01. The Morgan fingerprint density at radius 3 is 2.54 bits per heavy atom. The molecular weight excluding hydrogens is 333 g/mol. The predicted molar refractivity (Wildman–Crippen MR) is 97.0 cm³/mol. The van der Waals surface area contributed by atoms with Crippen LogP contribution in [0.5, 0.6) is 0 Å². The predicted octanol–water partition coefficient (Wildman–Crippen LogP) is 1.95. The molecule has 136 valence electrons. The van der Waals surface area contributed by atoms with Gasteiger partial charge in [-0.25, -0.2) is 4.39 Å². The summed E-state index contributed by atoms with van der Waals surface area (Å²) in [5, 5.41) is 5.51. The third-order valence-electron chi connectivity index (χ3n) is 4.40. The largest absolute Gasteiger partial charge is 0.350 e. The number of hydrogen-bond acceptors (Lipinski definition) is 3. The molecule has 1 aliphatic heterocycles. The Kier molecular flexibility index (Phi) is 5.96. The van der Waals surface area contributed by atoms with Crippen molar-refractivity contribution in [2.75, 3.05) is 19.6 Å². The lowest BCUT2D eigenvalue weighted by Gasteiger charge is -2.17. The minimum Gasteiger partial charge on any atom is -0.350 e. The highest BCUT2D eigenvalue weighted by molar-refractivity contribution is 5.96. The highest BCUT2D eigenvalue weighted by atomic mass is 19.1. The SMILES string of the molecule is O=C(CNC(=O)c1ccc(F)cc1)NC1CCN(Cc2ccccc2)C1. The molecule has 1 saturated heterocycles. The van der Waals surface area contributed by atoms with E-state index >= 15 is 0 Å². The fourth-order valence-electron chi connectivity index (χ4n) is 3.08. The van der Waals surface area contributed by atoms with E-state index in [1.54, 1.807) is 0 Å². The number of likely N-dealkylation sites (tertiary alicyclic amines) is 1. The molecule has 1 atom stereocenters. The van der Waals surface area contributed by atoms with Gasteiger partial charge in [-0.1, -0.05) is 30.3 Å². The highest BCUT2D eigenvalue weighted by Crippen LogP contribution is 2.13. The molecule has 6 heteroatoms. The second kappa shape index (κ2) is 8.58. The van der Waals surface area contributed by atoms with E-state index in [1.807, 2.05) is 18.2 Å². The summed E-state index contributed by atoms with van der Waals surface area (Å²) in [6.07, 6.45) is 0.893. The molecule has 1 aliphatic rings. The van der Waals surface area contributed by atoms with Crippen LogP contribution >= 0.6 is 0 Å². The number of benzene rings is 2. The van der Waals surface area contributed by atoms with Gasteiger partial charge in [0.1, 0.15) is 5.82 Å². The van der Waals surface area contributed by atoms with E-state index in [0.29, 0.717) is 5.56 Å². The fraction of sp³-hybridized carbons (Fsp3) is 0.300. The summed E-state index contributed by atoms with van der Waals surface area (Å²) in [6, 6.07) is 15.5. The Balaban J connectivity index is 1.40. The number of nitrogens with zero attached hydrogens (tertiary/aromatic N) is 1. The van der Waals surface area contributed by atoms with Gasteiger partial charge >= 0.3 is 0 Å². The number of halogens is 1. The van der Waals surface area contributed by atoms with Crippen LogP contribution in [-0.2, 0) is 11.3 Å². The van der Waals surface area contributed by atoms with E-state index in [2.05, 4.69) is 27.7 Å². The Hall–Kier alpha value is -2.73. The van der Waals surface area contributed by atoms with Gasteiger partial charge in [-0.3, -0.25) is 14.5 Å². The molecule has 0 aliphatic carbocycles. The normalized spacial score (nSPS) is 17.0. The second-order valence-electron chi connectivity index (χ2n) is 6.46. The zero-order valence-electron chi connectivity index (χ0n) is 14.5. The van der Waals surface area contributed by atoms with E-state index in [9.17, 15) is 14.0 Å². The number of rotatable bonds is 6. The van der Waals surface area contributed by atoms with Crippen LogP contribution in [0, 0.1) is 5.82 Å². The molecule has 2 aromatic carbocycles. The molecule has 2 amide bonds. The van der Waals surface area contributed by atoms with E-state index in [4.69, 9.17) is 0 Å². The molecule has 0 aromatic heterocycles. The van der Waals surface area contributed by atoms with Crippen LogP contribution in [0.3, 0.4) is 0 Å². The van der Waals surface area contributed by atoms with E-state index in [1.165, 1.54) is 29.8 Å². The van der Waals surface area contributed by atoms with Gasteiger partial charge < -0.3 is 10.6 Å². The summed E-state index contributed by atoms with van der Waals surface area (Å²) in [6.45, 7) is 2.51. The zero-order valence-corrected chi connectivity index (χ0v) is 14.5. The molecule has 0 spiro atoms. The Morgan fingerprint density at radius 2 is 1.81 bits per heavy atom. The molecule has 1 unspecified atom stereocenters. The van der Waals surface area contributed by atoms with Crippen molar-refractivity contribution in [2.45, 2.75) is 19.0 Å². The lowest BCUT2D eigenvalue weighted by Crippen LogP contribution is -2.43. The smallest absolute Gasteiger partial charge is 0.251 e. The maximum Gasteiger partial charge on any atom is 0.251 e. The lowest BCUT2D eigenvalue weighted by molar-refractivity contribution is -0.120. The van der Waals surface area contributed by atoms with Gasteiger partial charge in [-0.15, -0.1) is 0 Å². The van der Waals surface area contributed by atoms with Crippen LogP contribution in [0.2, 0.25) is 0 Å². The minimum atomic E-state index is -0.402. The van der Waals surface area contributed by atoms with Crippen LogP contribution in [-0.4, -0.2) is 42.4 Å². The third-order valence-corrected chi connectivity index (χ3v) is 4.40.